The minimum Gasteiger partial charge on any atom is -0.368 e. The van der Waals surface area contributed by atoms with Crippen molar-refractivity contribution in [3.05, 3.63) is 42.0 Å². The van der Waals surface area contributed by atoms with E-state index in [4.69, 9.17) is 5.73 Å². The van der Waals surface area contributed by atoms with Crippen molar-refractivity contribution in [2.24, 2.45) is 5.73 Å². The first-order chi connectivity index (χ1) is 8.61. The van der Waals surface area contributed by atoms with Crippen LogP contribution in [-0.4, -0.2) is 17.9 Å². The Morgan fingerprint density at radius 3 is 2.56 bits per heavy atom. The van der Waals surface area contributed by atoms with Crippen LogP contribution in [0.25, 0.3) is 10.8 Å². The fourth-order valence-corrected chi connectivity index (χ4v) is 2.45. The van der Waals surface area contributed by atoms with E-state index >= 15 is 0 Å². The first kappa shape index (κ1) is 10.8. The maximum Gasteiger partial charge on any atom is 0.259 e. The lowest BCUT2D eigenvalue weighted by molar-refractivity contribution is -0.118. The van der Waals surface area contributed by atoms with Gasteiger partial charge in [-0.3, -0.25) is 14.5 Å². The minimum absolute atomic E-state index is 0.159. The molecule has 0 aliphatic carbocycles. The zero-order valence-corrected chi connectivity index (χ0v) is 9.88. The molecule has 1 atom stereocenters. The largest absolute Gasteiger partial charge is 0.368 e. The molecule has 0 fully saturated rings. The van der Waals surface area contributed by atoms with Gasteiger partial charge in [0.1, 0.15) is 6.04 Å². The number of carbonyl (C=O) groups is 2. The molecular weight excluding hydrogens is 228 g/mol. The SMILES string of the molecule is C[C@H](C(N)=O)N1C(=O)c2cccc3cccc1c23. The van der Waals surface area contributed by atoms with E-state index in [-0.39, 0.29) is 5.91 Å². The zero-order valence-electron chi connectivity index (χ0n) is 9.88. The standard InChI is InChI=1S/C14H12N2O2/c1-8(13(15)17)16-11-7-3-5-9-4-2-6-10(12(9)11)14(16)18/h2-8H,1H3,(H2,15,17)/t8-/m1/s1. The van der Waals surface area contributed by atoms with Crippen molar-refractivity contribution >= 4 is 28.3 Å². The van der Waals surface area contributed by atoms with Gasteiger partial charge in [-0.1, -0.05) is 24.3 Å². The molecule has 1 heterocycles. The van der Waals surface area contributed by atoms with E-state index < -0.39 is 11.9 Å². The van der Waals surface area contributed by atoms with E-state index in [1.165, 1.54) is 4.90 Å². The molecule has 0 bridgehead atoms. The van der Waals surface area contributed by atoms with E-state index in [0.29, 0.717) is 5.56 Å². The highest BCUT2D eigenvalue weighted by molar-refractivity contribution is 6.26. The highest BCUT2D eigenvalue weighted by atomic mass is 16.2. The van der Waals surface area contributed by atoms with Gasteiger partial charge in [0, 0.05) is 10.9 Å². The second-order valence-electron chi connectivity index (χ2n) is 4.43. The lowest BCUT2D eigenvalue weighted by atomic mass is 10.1. The van der Waals surface area contributed by atoms with Gasteiger partial charge in [-0.2, -0.15) is 0 Å². The number of anilines is 1. The number of primary amides is 1. The molecule has 2 amide bonds. The molecule has 90 valence electrons. The van der Waals surface area contributed by atoms with Gasteiger partial charge in [0.15, 0.2) is 0 Å². The van der Waals surface area contributed by atoms with Gasteiger partial charge in [0.2, 0.25) is 5.91 Å². The molecule has 3 rings (SSSR count). The molecule has 2 N–H and O–H groups in total. The number of carbonyl (C=O) groups excluding carboxylic acids is 2. The lowest BCUT2D eigenvalue weighted by Crippen LogP contribution is -2.44. The van der Waals surface area contributed by atoms with Crippen LogP contribution in [0, 0.1) is 0 Å². The van der Waals surface area contributed by atoms with E-state index in [1.807, 2.05) is 30.3 Å². The van der Waals surface area contributed by atoms with E-state index in [9.17, 15) is 9.59 Å². The Kier molecular flexibility index (Phi) is 2.13. The number of benzene rings is 2. The van der Waals surface area contributed by atoms with Gasteiger partial charge in [0.25, 0.3) is 5.91 Å². The second-order valence-corrected chi connectivity index (χ2v) is 4.43. The topological polar surface area (TPSA) is 63.4 Å². The number of hydrogen-bond acceptors (Lipinski definition) is 2. The van der Waals surface area contributed by atoms with Gasteiger partial charge < -0.3 is 5.73 Å². The predicted octanol–water partition coefficient (Wildman–Crippen LogP) is 1.67. The Hall–Kier alpha value is -2.36. The molecule has 0 saturated carbocycles. The lowest BCUT2D eigenvalue weighted by Gasteiger charge is -2.22. The van der Waals surface area contributed by atoms with Crippen molar-refractivity contribution in [3.8, 4) is 0 Å². The van der Waals surface area contributed by atoms with Crippen molar-refractivity contribution in [3.63, 3.8) is 0 Å². The number of hydrogen-bond donors (Lipinski definition) is 1. The fourth-order valence-electron chi connectivity index (χ4n) is 2.45. The summed E-state index contributed by atoms with van der Waals surface area (Å²) in [7, 11) is 0. The molecule has 0 radical (unpaired) electrons. The van der Waals surface area contributed by atoms with Crippen LogP contribution >= 0.6 is 0 Å². The van der Waals surface area contributed by atoms with Crippen LogP contribution in [0.4, 0.5) is 5.69 Å². The van der Waals surface area contributed by atoms with Crippen LogP contribution in [-0.2, 0) is 4.79 Å². The maximum atomic E-state index is 12.3. The van der Waals surface area contributed by atoms with Crippen molar-refractivity contribution < 1.29 is 9.59 Å². The van der Waals surface area contributed by atoms with Gasteiger partial charge in [0.05, 0.1) is 5.69 Å². The third-order valence-electron chi connectivity index (χ3n) is 3.39. The van der Waals surface area contributed by atoms with Crippen LogP contribution < -0.4 is 10.6 Å². The molecule has 2 aromatic rings. The summed E-state index contributed by atoms with van der Waals surface area (Å²) in [5, 5.41) is 1.90. The summed E-state index contributed by atoms with van der Waals surface area (Å²) >= 11 is 0. The molecule has 0 saturated heterocycles. The summed E-state index contributed by atoms with van der Waals surface area (Å²) in [6, 6.07) is 10.6. The summed E-state index contributed by atoms with van der Waals surface area (Å²) in [6.45, 7) is 1.64. The van der Waals surface area contributed by atoms with Crippen LogP contribution in [0.2, 0.25) is 0 Å². The Balaban J connectivity index is 2.29. The average Bonchev–Trinajstić information content (AvgIpc) is 2.65. The van der Waals surface area contributed by atoms with Crippen LogP contribution in [0.15, 0.2) is 36.4 Å². The van der Waals surface area contributed by atoms with Crippen molar-refractivity contribution in [2.45, 2.75) is 13.0 Å². The van der Waals surface area contributed by atoms with Crippen molar-refractivity contribution in [1.29, 1.82) is 0 Å². The first-order valence-corrected chi connectivity index (χ1v) is 5.76. The highest BCUT2D eigenvalue weighted by Gasteiger charge is 2.34. The number of amides is 2. The monoisotopic (exact) mass is 240 g/mol. The van der Waals surface area contributed by atoms with Crippen LogP contribution in [0.1, 0.15) is 17.3 Å². The summed E-state index contributed by atoms with van der Waals surface area (Å²) in [5.74, 6) is -0.666. The molecule has 4 heteroatoms. The molecule has 4 nitrogen and oxygen atoms in total. The second kappa shape index (κ2) is 3.57. The molecule has 0 unspecified atom stereocenters. The Morgan fingerprint density at radius 2 is 1.89 bits per heavy atom. The summed E-state index contributed by atoms with van der Waals surface area (Å²) in [5.41, 5.74) is 6.71. The number of rotatable bonds is 2. The molecule has 0 spiro atoms. The van der Waals surface area contributed by atoms with E-state index in [0.717, 1.165) is 16.5 Å². The van der Waals surface area contributed by atoms with Crippen LogP contribution in [0.3, 0.4) is 0 Å². The highest BCUT2D eigenvalue weighted by Crippen LogP contribution is 2.38. The smallest absolute Gasteiger partial charge is 0.259 e. The van der Waals surface area contributed by atoms with Crippen molar-refractivity contribution in [2.75, 3.05) is 4.90 Å². The zero-order chi connectivity index (χ0) is 12.9. The Bertz CT molecular complexity index is 673. The van der Waals surface area contributed by atoms with Crippen LogP contribution in [0.5, 0.6) is 0 Å². The third-order valence-corrected chi connectivity index (χ3v) is 3.39. The Labute approximate surface area is 104 Å². The number of nitrogens with two attached hydrogens (primary N) is 1. The maximum absolute atomic E-state index is 12.3. The van der Waals surface area contributed by atoms with Gasteiger partial charge in [-0.05, 0) is 24.4 Å². The Morgan fingerprint density at radius 1 is 1.22 bits per heavy atom. The molecule has 18 heavy (non-hydrogen) atoms. The van der Waals surface area contributed by atoms with E-state index in [1.54, 1.807) is 13.0 Å². The van der Waals surface area contributed by atoms with Gasteiger partial charge in [-0.15, -0.1) is 0 Å². The fraction of sp³-hybridized carbons (Fsp3) is 0.143. The van der Waals surface area contributed by atoms with Gasteiger partial charge >= 0.3 is 0 Å². The normalized spacial score (nSPS) is 15.2. The summed E-state index contributed by atoms with van der Waals surface area (Å²) in [6.07, 6.45) is 0. The average molecular weight is 240 g/mol. The van der Waals surface area contributed by atoms with E-state index in [2.05, 4.69) is 0 Å². The predicted molar refractivity (Wildman–Crippen MR) is 69.4 cm³/mol. The third kappa shape index (κ3) is 1.26. The molecule has 2 aromatic carbocycles. The quantitative estimate of drug-likeness (QED) is 0.867. The summed E-state index contributed by atoms with van der Waals surface area (Å²) in [4.78, 5) is 25.1. The summed E-state index contributed by atoms with van der Waals surface area (Å²) < 4.78 is 0. The number of nitrogens with zero attached hydrogens (tertiary/aromatic N) is 1. The molecule has 1 aliphatic heterocycles. The van der Waals surface area contributed by atoms with Crippen molar-refractivity contribution in [1.82, 2.24) is 0 Å². The molecule has 1 aliphatic rings. The first-order valence-electron chi connectivity index (χ1n) is 5.76. The molecule has 0 aromatic heterocycles. The molecular formula is C14H12N2O2. The minimum atomic E-state index is -0.643. The van der Waals surface area contributed by atoms with Gasteiger partial charge in [-0.25, -0.2) is 0 Å².